The highest BCUT2D eigenvalue weighted by Gasteiger charge is 2.28. The first kappa shape index (κ1) is 17.7. The Hall–Kier alpha value is -2.15. The van der Waals surface area contributed by atoms with Gasteiger partial charge in [0.2, 0.25) is 0 Å². The molecule has 0 radical (unpaired) electrons. The summed E-state index contributed by atoms with van der Waals surface area (Å²) in [4.78, 5) is 15.3. The van der Waals surface area contributed by atoms with Crippen LogP contribution in [0.25, 0.3) is 0 Å². The molecule has 25 heavy (non-hydrogen) atoms. The number of anilines is 2. The maximum Gasteiger partial charge on any atom is 0.134 e. The topological polar surface area (TPSA) is 68.1 Å². The van der Waals surface area contributed by atoms with Crippen molar-refractivity contribution in [3.8, 4) is 0 Å². The predicted molar refractivity (Wildman–Crippen MR) is 98.6 cm³/mol. The Kier molecular flexibility index (Phi) is 5.53. The second-order valence-corrected chi connectivity index (χ2v) is 7.04. The van der Waals surface area contributed by atoms with E-state index in [4.69, 9.17) is 4.74 Å². The molecule has 0 bridgehead atoms. The number of nitrogens with zero attached hydrogens (tertiary/aromatic N) is 5. The number of imidazole rings is 1. The van der Waals surface area contributed by atoms with Gasteiger partial charge < -0.3 is 19.5 Å². The lowest BCUT2D eigenvalue weighted by molar-refractivity contribution is -0.0203. The molecular formula is C18H28N6O. The summed E-state index contributed by atoms with van der Waals surface area (Å²) >= 11 is 0. The normalized spacial score (nSPS) is 20.7. The lowest BCUT2D eigenvalue weighted by atomic mass is 9.94. The predicted octanol–water partition coefficient (Wildman–Crippen LogP) is 2.46. The average Bonchev–Trinajstić information content (AvgIpc) is 3.00. The maximum atomic E-state index is 5.96. The van der Waals surface area contributed by atoms with Crippen LogP contribution in [-0.4, -0.2) is 45.3 Å². The molecule has 0 amide bonds. The van der Waals surface area contributed by atoms with Crippen LogP contribution in [0, 0.1) is 5.92 Å². The zero-order chi connectivity index (χ0) is 17.8. The number of rotatable bonds is 6. The Labute approximate surface area is 149 Å². The third-order valence-corrected chi connectivity index (χ3v) is 4.70. The van der Waals surface area contributed by atoms with Gasteiger partial charge in [0.1, 0.15) is 23.8 Å². The largest absolute Gasteiger partial charge is 0.376 e. The second kappa shape index (κ2) is 7.82. The number of aromatic nitrogens is 4. The molecule has 1 saturated heterocycles. The van der Waals surface area contributed by atoms with Gasteiger partial charge in [0, 0.05) is 39.2 Å². The first-order valence-electron chi connectivity index (χ1n) is 8.92. The average molecular weight is 344 g/mol. The number of hydrogen-bond acceptors (Lipinski definition) is 6. The molecule has 1 fully saturated rings. The van der Waals surface area contributed by atoms with Crippen LogP contribution in [0.4, 0.5) is 11.6 Å². The summed E-state index contributed by atoms with van der Waals surface area (Å²) in [6.45, 7) is 5.96. The van der Waals surface area contributed by atoms with E-state index >= 15 is 0 Å². The van der Waals surface area contributed by atoms with Crippen molar-refractivity contribution in [1.29, 1.82) is 0 Å². The van der Waals surface area contributed by atoms with Crippen LogP contribution in [0.1, 0.15) is 32.5 Å². The quantitative estimate of drug-likeness (QED) is 0.868. The van der Waals surface area contributed by atoms with Crippen LogP contribution in [0.15, 0.2) is 24.8 Å². The minimum Gasteiger partial charge on any atom is -0.376 e. The van der Waals surface area contributed by atoms with E-state index in [1.807, 2.05) is 37.1 Å². The molecule has 7 nitrogen and oxygen atoms in total. The van der Waals surface area contributed by atoms with Gasteiger partial charge in [0.05, 0.1) is 18.7 Å². The van der Waals surface area contributed by atoms with Crippen molar-refractivity contribution in [2.45, 2.75) is 45.4 Å². The van der Waals surface area contributed by atoms with Crippen molar-refractivity contribution < 1.29 is 4.74 Å². The van der Waals surface area contributed by atoms with Gasteiger partial charge in [0.25, 0.3) is 0 Å². The van der Waals surface area contributed by atoms with Gasteiger partial charge in [-0.15, -0.1) is 0 Å². The fourth-order valence-electron chi connectivity index (χ4n) is 3.28. The standard InChI is InChI=1S/C18H28N6O/c1-13(2)18-14(6-5-9-25-18)22-15-10-16(21-12-20-15)24(4)11-17-19-7-8-23(17)3/h7-8,10,12-14,18H,5-6,9,11H2,1-4H3,(H,20,21,22). The van der Waals surface area contributed by atoms with Crippen molar-refractivity contribution in [2.75, 3.05) is 23.9 Å². The molecule has 2 atom stereocenters. The first-order valence-corrected chi connectivity index (χ1v) is 8.92. The molecule has 1 aliphatic heterocycles. The molecule has 2 aromatic heterocycles. The molecule has 0 saturated carbocycles. The third kappa shape index (κ3) is 4.28. The summed E-state index contributed by atoms with van der Waals surface area (Å²) in [5, 5.41) is 3.55. The van der Waals surface area contributed by atoms with E-state index in [1.165, 1.54) is 0 Å². The Bertz CT molecular complexity index is 686. The monoisotopic (exact) mass is 344 g/mol. The van der Waals surface area contributed by atoms with E-state index < -0.39 is 0 Å². The summed E-state index contributed by atoms with van der Waals surface area (Å²) < 4.78 is 7.98. The molecule has 1 N–H and O–H groups in total. The van der Waals surface area contributed by atoms with E-state index in [0.29, 0.717) is 12.5 Å². The molecule has 7 heteroatoms. The van der Waals surface area contributed by atoms with Crippen LogP contribution >= 0.6 is 0 Å². The zero-order valence-corrected chi connectivity index (χ0v) is 15.5. The Morgan fingerprint density at radius 3 is 2.92 bits per heavy atom. The molecule has 136 valence electrons. The minimum absolute atomic E-state index is 0.220. The van der Waals surface area contributed by atoms with Crippen LogP contribution in [0.2, 0.25) is 0 Å². The number of hydrogen-bond donors (Lipinski definition) is 1. The van der Waals surface area contributed by atoms with Gasteiger partial charge in [-0.1, -0.05) is 13.8 Å². The van der Waals surface area contributed by atoms with Gasteiger partial charge in [-0.3, -0.25) is 0 Å². The van der Waals surface area contributed by atoms with Gasteiger partial charge in [-0.05, 0) is 18.8 Å². The number of nitrogens with one attached hydrogen (secondary N) is 1. The van der Waals surface area contributed by atoms with E-state index in [9.17, 15) is 0 Å². The lowest BCUT2D eigenvalue weighted by Crippen LogP contribution is -2.43. The molecule has 1 aliphatic rings. The summed E-state index contributed by atoms with van der Waals surface area (Å²) in [7, 11) is 4.01. The van der Waals surface area contributed by atoms with Crippen LogP contribution in [-0.2, 0) is 18.3 Å². The van der Waals surface area contributed by atoms with E-state index in [0.717, 1.165) is 36.9 Å². The minimum atomic E-state index is 0.220. The van der Waals surface area contributed by atoms with Gasteiger partial charge >= 0.3 is 0 Å². The molecule has 0 aliphatic carbocycles. The Morgan fingerprint density at radius 1 is 1.36 bits per heavy atom. The molecule has 3 heterocycles. The summed E-state index contributed by atoms with van der Waals surface area (Å²) in [6.07, 6.45) is 7.78. The summed E-state index contributed by atoms with van der Waals surface area (Å²) in [5.74, 6) is 3.19. The first-order chi connectivity index (χ1) is 12.0. The zero-order valence-electron chi connectivity index (χ0n) is 15.5. The molecule has 2 aromatic rings. The fourth-order valence-corrected chi connectivity index (χ4v) is 3.28. The van der Waals surface area contributed by atoms with Crippen molar-refractivity contribution in [3.05, 3.63) is 30.6 Å². The van der Waals surface area contributed by atoms with Gasteiger partial charge in [0.15, 0.2) is 0 Å². The highest BCUT2D eigenvalue weighted by molar-refractivity contribution is 5.48. The van der Waals surface area contributed by atoms with Crippen LogP contribution < -0.4 is 10.2 Å². The van der Waals surface area contributed by atoms with Crippen molar-refractivity contribution in [1.82, 2.24) is 19.5 Å². The van der Waals surface area contributed by atoms with Crippen LogP contribution in [0.3, 0.4) is 0 Å². The second-order valence-electron chi connectivity index (χ2n) is 7.04. The van der Waals surface area contributed by atoms with E-state index in [2.05, 4.69) is 39.0 Å². The number of ether oxygens (including phenoxy) is 1. The van der Waals surface area contributed by atoms with Gasteiger partial charge in [-0.2, -0.15) is 0 Å². The third-order valence-electron chi connectivity index (χ3n) is 4.70. The highest BCUT2D eigenvalue weighted by atomic mass is 16.5. The van der Waals surface area contributed by atoms with Crippen molar-refractivity contribution in [3.63, 3.8) is 0 Å². The smallest absolute Gasteiger partial charge is 0.134 e. The van der Waals surface area contributed by atoms with Gasteiger partial charge in [-0.25, -0.2) is 15.0 Å². The van der Waals surface area contributed by atoms with Crippen LogP contribution in [0.5, 0.6) is 0 Å². The fraction of sp³-hybridized carbons (Fsp3) is 0.611. The lowest BCUT2D eigenvalue weighted by Gasteiger charge is -2.35. The highest BCUT2D eigenvalue weighted by Crippen LogP contribution is 2.24. The molecular weight excluding hydrogens is 316 g/mol. The van der Waals surface area contributed by atoms with Crippen molar-refractivity contribution >= 4 is 11.6 Å². The molecule has 2 unspecified atom stereocenters. The molecule has 0 spiro atoms. The van der Waals surface area contributed by atoms with E-state index in [-0.39, 0.29) is 12.1 Å². The maximum absolute atomic E-state index is 5.96. The molecule has 0 aromatic carbocycles. The Morgan fingerprint density at radius 2 is 2.20 bits per heavy atom. The number of aryl methyl sites for hydroxylation is 1. The summed E-state index contributed by atoms with van der Waals surface area (Å²) in [6, 6.07) is 2.28. The summed E-state index contributed by atoms with van der Waals surface area (Å²) in [5.41, 5.74) is 0. The SMILES string of the molecule is CC(C)C1OCCCC1Nc1cc(N(C)Cc2nccn2C)ncn1. The van der Waals surface area contributed by atoms with Crippen molar-refractivity contribution in [2.24, 2.45) is 13.0 Å². The molecule has 3 rings (SSSR count). The Balaban J connectivity index is 1.69. The van der Waals surface area contributed by atoms with E-state index in [1.54, 1.807) is 6.33 Å².